The van der Waals surface area contributed by atoms with Crippen LogP contribution in [0.15, 0.2) is 30.3 Å². The fourth-order valence-corrected chi connectivity index (χ4v) is 4.16. The number of anilines is 1. The lowest BCUT2D eigenvalue weighted by atomic mass is 9.81. The van der Waals surface area contributed by atoms with Gasteiger partial charge in [-0.15, -0.1) is 0 Å². The molecule has 1 amide bonds. The van der Waals surface area contributed by atoms with Gasteiger partial charge in [-0.2, -0.15) is 0 Å². The Bertz CT molecular complexity index is 908. The molecule has 7 nitrogen and oxygen atoms in total. The van der Waals surface area contributed by atoms with E-state index in [1.165, 1.54) is 5.56 Å². The number of hydrogen-bond acceptors (Lipinski definition) is 6. The van der Waals surface area contributed by atoms with Crippen LogP contribution >= 0.6 is 0 Å². The number of ether oxygens (including phenoxy) is 1. The van der Waals surface area contributed by atoms with Crippen LogP contribution in [0.1, 0.15) is 46.6 Å². The molecule has 2 aromatic rings. The van der Waals surface area contributed by atoms with Crippen LogP contribution in [0.2, 0.25) is 0 Å². The molecule has 0 spiro atoms. The van der Waals surface area contributed by atoms with Crippen LogP contribution in [0, 0.1) is 6.92 Å². The highest BCUT2D eigenvalue weighted by molar-refractivity contribution is 5.99. The van der Waals surface area contributed by atoms with E-state index in [4.69, 9.17) is 9.72 Å². The maximum Gasteiger partial charge on any atom is 0.409 e. The van der Waals surface area contributed by atoms with E-state index in [0.717, 1.165) is 17.8 Å². The number of carbonyl (C=O) groups excluding carboxylic acids is 2. The van der Waals surface area contributed by atoms with Crippen molar-refractivity contribution in [2.24, 2.45) is 0 Å². The van der Waals surface area contributed by atoms with Crippen molar-refractivity contribution >= 4 is 17.8 Å². The number of benzene rings is 1. The van der Waals surface area contributed by atoms with Crippen LogP contribution in [-0.4, -0.2) is 59.5 Å². The average Bonchev–Trinajstić information content (AvgIpc) is 2.74. The molecule has 4 rings (SSSR count). The maximum atomic E-state index is 12.8. The summed E-state index contributed by atoms with van der Waals surface area (Å²) in [6.07, 6.45) is 0.967. The molecule has 1 saturated heterocycles. The van der Waals surface area contributed by atoms with Crippen molar-refractivity contribution in [1.29, 1.82) is 0 Å². The lowest BCUT2D eigenvalue weighted by Gasteiger charge is -2.34. The van der Waals surface area contributed by atoms with E-state index < -0.39 is 0 Å². The van der Waals surface area contributed by atoms with E-state index in [0.29, 0.717) is 50.7 Å². The predicted octanol–water partition coefficient (Wildman–Crippen LogP) is 2.98. The lowest BCUT2D eigenvalue weighted by molar-refractivity contribution is 0.0960. The second-order valence-corrected chi connectivity index (χ2v) is 7.54. The number of aromatic nitrogens is 2. The number of amides is 1. The molecule has 0 saturated carbocycles. The molecule has 152 valence electrons. The molecular weight excluding hydrogens is 368 g/mol. The van der Waals surface area contributed by atoms with E-state index in [1.54, 1.807) is 4.90 Å². The zero-order chi connectivity index (χ0) is 20.4. The molecule has 0 radical (unpaired) electrons. The van der Waals surface area contributed by atoms with Crippen LogP contribution in [0.5, 0.6) is 0 Å². The first-order chi connectivity index (χ1) is 14.1. The van der Waals surface area contributed by atoms with Gasteiger partial charge < -0.3 is 14.5 Å². The molecular formula is C22H26N4O3. The van der Waals surface area contributed by atoms with Gasteiger partial charge in [0.15, 0.2) is 5.78 Å². The number of nitrogens with zero attached hydrogens (tertiary/aromatic N) is 4. The Morgan fingerprint density at radius 2 is 1.83 bits per heavy atom. The summed E-state index contributed by atoms with van der Waals surface area (Å²) in [5.74, 6) is 0.918. The zero-order valence-corrected chi connectivity index (χ0v) is 16.9. The summed E-state index contributed by atoms with van der Waals surface area (Å²) in [6.45, 7) is 6.51. The largest absolute Gasteiger partial charge is 0.450 e. The number of fused-ring (bicyclic) bond motifs is 1. The third-order valence-corrected chi connectivity index (χ3v) is 5.66. The number of aryl methyl sites for hydroxylation is 1. The molecule has 29 heavy (non-hydrogen) atoms. The Morgan fingerprint density at radius 1 is 1.10 bits per heavy atom. The average molecular weight is 394 g/mol. The summed E-state index contributed by atoms with van der Waals surface area (Å²) < 4.78 is 5.08. The number of ketones is 1. The molecule has 1 aromatic heterocycles. The highest BCUT2D eigenvalue weighted by Crippen LogP contribution is 2.33. The van der Waals surface area contributed by atoms with Gasteiger partial charge in [0.1, 0.15) is 0 Å². The fourth-order valence-electron chi connectivity index (χ4n) is 4.16. The minimum Gasteiger partial charge on any atom is -0.450 e. The van der Waals surface area contributed by atoms with Crippen LogP contribution in [0.3, 0.4) is 0 Å². The van der Waals surface area contributed by atoms with E-state index in [2.05, 4.69) is 22.0 Å². The molecule has 1 fully saturated rings. The molecule has 0 unspecified atom stereocenters. The van der Waals surface area contributed by atoms with Crippen LogP contribution < -0.4 is 4.90 Å². The number of rotatable bonds is 3. The van der Waals surface area contributed by atoms with Gasteiger partial charge in [-0.25, -0.2) is 14.8 Å². The second kappa shape index (κ2) is 8.19. The topological polar surface area (TPSA) is 75.6 Å². The van der Waals surface area contributed by atoms with Crippen molar-refractivity contribution in [3.05, 3.63) is 52.8 Å². The number of carbonyl (C=O) groups is 2. The van der Waals surface area contributed by atoms with Crippen LogP contribution in [0.25, 0.3) is 0 Å². The summed E-state index contributed by atoms with van der Waals surface area (Å²) >= 11 is 0. The quantitative estimate of drug-likeness (QED) is 0.797. The number of Topliss-reactive ketones (excluding diaryl/α,β-unsaturated/α-hetero) is 1. The van der Waals surface area contributed by atoms with E-state index in [1.807, 2.05) is 32.0 Å². The summed E-state index contributed by atoms with van der Waals surface area (Å²) in [6, 6.07) is 10.2. The monoisotopic (exact) mass is 394 g/mol. The van der Waals surface area contributed by atoms with Gasteiger partial charge in [-0.3, -0.25) is 4.79 Å². The second-order valence-electron chi connectivity index (χ2n) is 7.54. The Kier molecular flexibility index (Phi) is 5.47. The normalized spacial score (nSPS) is 19.1. The van der Waals surface area contributed by atoms with Crippen molar-refractivity contribution in [3.63, 3.8) is 0 Å². The summed E-state index contributed by atoms with van der Waals surface area (Å²) in [5.41, 5.74) is 3.44. The molecule has 2 heterocycles. The number of hydrogen-bond donors (Lipinski definition) is 0. The van der Waals surface area contributed by atoms with Crippen molar-refractivity contribution in [1.82, 2.24) is 14.9 Å². The molecule has 2 aliphatic rings. The summed E-state index contributed by atoms with van der Waals surface area (Å²) in [5, 5.41) is 0. The maximum absolute atomic E-state index is 12.8. The van der Waals surface area contributed by atoms with Crippen molar-refractivity contribution in [2.75, 3.05) is 37.7 Å². The van der Waals surface area contributed by atoms with E-state index >= 15 is 0 Å². The van der Waals surface area contributed by atoms with Gasteiger partial charge in [-0.05, 0) is 31.7 Å². The van der Waals surface area contributed by atoms with E-state index in [9.17, 15) is 9.59 Å². The zero-order valence-electron chi connectivity index (χ0n) is 16.9. The minimum atomic E-state index is -0.272. The van der Waals surface area contributed by atoms with Crippen molar-refractivity contribution in [2.45, 2.75) is 32.6 Å². The Balaban J connectivity index is 1.54. The van der Waals surface area contributed by atoms with Crippen molar-refractivity contribution < 1.29 is 14.3 Å². The first-order valence-corrected chi connectivity index (χ1v) is 10.2. The highest BCUT2D eigenvalue weighted by Gasteiger charge is 2.31. The molecule has 0 bridgehead atoms. The SMILES string of the molecule is CCOC(=O)N1CCN(c2nc(C)c3c(n2)C[C@H](c2ccccc2)CC3=O)CC1. The third kappa shape index (κ3) is 3.95. The Labute approximate surface area is 170 Å². The highest BCUT2D eigenvalue weighted by atomic mass is 16.6. The Hall–Kier alpha value is -2.96. The van der Waals surface area contributed by atoms with Gasteiger partial charge in [0.05, 0.1) is 23.6 Å². The summed E-state index contributed by atoms with van der Waals surface area (Å²) in [7, 11) is 0. The molecule has 1 aromatic carbocycles. The standard InChI is InChI=1S/C22H26N4O3/c1-3-29-22(28)26-11-9-25(10-12-26)21-23-15(2)20-18(24-21)13-17(14-19(20)27)16-7-5-4-6-8-16/h4-8,17H,3,9-14H2,1-2H3/t17-/m0/s1. The van der Waals surface area contributed by atoms with Gasteiger partial charge in [0.25, 0.3) is 0 Å². The van der Waals surface area contributed by atoms with Gasteiger partial charge in [-0.1, -0.05) is 30.3 Å². The molecule has 1 aliphatic heterocycles. The van der Waals surface area contributed by atoms with Gasteiger partial charge in [0.2, 0.25) is 5.95 Å². The minimum absolute atomic E-state index is 0.122. The van der Waals surface area contributed by atoms with Crippen LogP contribution in [0.4, 0.5) is 10.7 Å². The number of piperazine rings is 1. The van der Waals surface area contributed by atoms with E-state index in [-0.39, 0.29) is 17.8 Å². The smallest absolute Gasteiger partial charge is 0.409 e. The van der Waals surface area contributed by atoms with Gasteiger partial charge >= 0.3 is 6.09 Å². The predicted molar refractivity (Wildman–Crippen MR) is 109 cm³/mol. The van der Waals surface area contributed by atoms with Crippen LogP contribution in [-0.2, 0) is 11.2 Å². The molecule has 1 atom stereocenters. The van der Waals surface area contributed by atoms with Crippen molar-refractivity contribution in [3.8, 4) is 0 Å². The molecule has 0 N–H and O–H groups in total. The Morgan fingerprint density at radius 3 is 2.52 bits per heavy atom. The van der Waals surface area contributed by atoms with Gasteiger partial charge in [0, 0.05) is 32.6 Å². The third-order valence-electron chi connectivity index (χ3n) is 5.66. The molecule has 1 aliphatic carbocycles. The first-order valence-electron chi connectivity index (χ1n) is 10.2. The lowest BCUT2D eigenvalue weighted by Crippen LogP contribution is -2.49. The fraction of sp³-hybridized carbons (Fsp3) is 0.455. The summed E-state index contributed by atoms with van der Waals surface area (Å²) in [4.78, 5) is 37.9. The molecule has 7 heteroatoms. The first kappa shape index (κ1) is 19.4.